The number of thioether (sulfide) groups is 1. The van der Waals surface area contributed by atoms with Crippen LogP contribution >= 0.6 is 23.4 Å². The molecule has 1 aromatic carbocycles. The van der Waals surface area contributed by atoms with Crippen molar-refractivity contribution in [2.75, 3.05) is 5.75 Å². The van der Waals surface area contributed by atoms with Gasteiger partial charge in [0, 0.05) is 11.3 Å². The standard InChI is InChI=1S/C13H13ClN2O3S/c14-8-3-1-2-4-10(8)20-7-12(18)15-9-5-6-11(17)16-13(9)19/h1-4,9H,5-7H2,(H,15,18)(H,16,17,19). The van der Waals surface area contributed by atoms with Crippen LogP contribution < -0.4 is 10.6 Å². The van der Waals surface area contributed by atoms with Crippen LogP contribution in [0.25, 0.3) is 0 Å². The largest absolute Gasteiger partial charge is 0.344 e. The lowest BCUT2D eigenvalue weighted by molar-refractivity contribution is -0.136. The van der Waals surface area contributed by atoms with Gasteiger partial charge in [0.2, 0.25) is 17.7 Å². The molecule has 0 bridgehead atoms. The normalized spacial score (nSPS) is 18.6. The number of carbonyl (C=O) groups excluding carboxylic acids is 3. The molecule has 5 nitrogen and oxygen atoms in total. The van der Waals surface area contributed by atoms with Crippen LogP contribution in [0.4, 0.5) is 0 Å². The van der Waals surface area contributed by atoms with Gasteiger partial charge in [-0.2, -0.15) is 0 Å². The van der Waals surface area contributed by atoms with Gasteiger partial charge < -0.3 is 5.32 Å². The predicted molar refractivity (Wildman–Crippen MR) is 76.5 cm³/mol. The van der Waals surface area contributed by atoms with Gasteiger partial charge in [-0.15, -0.1) is 11.8 Å². The number of rotatable bonds is 4. The van der Waals surface area contributed by atoms with E-state index in [0.29, 0.717) is 11.4 Å². The van der Waals surface area contributed by atoms with Gasteiger partial charge in [0.05, 0.1) is 10.8 Å². The Morgan fingerprint density at radius 2 is 2.15 bits per heavy atom. The van der Waals surface area contributed by atoms with Crippen molar-refractivity contribution in [1.82, 2.24) is 10.6 Å². The molecule has 20 heavy (non-hydrogen) atoms. The van der Waals surface area contributed by atoms with Crippen LogP contribution in [0.3, 0.4) is 0 Å². The average molecular weight is 313 g/mol. The summed E-state index contributed by atoms with van der Waals surface area (Å²) in [6.45, 7) is 0. The first kappa shape index (κ1) is 14.9. The van der Waals surface area contributed by atoms with E-state index in [4.69, 9.17) is 11.6 Å². The Kier molecular flexibility index (Phi) is 5.03. The van der Waals surface area contributed by atoms with Gasteiger partial charge in [0.25, 0.3) is 0 Å². The average Bonchev–Trinajstić information content (AvgIpc) is 2.41. The van der Waals surface area contributed by atoms with Crippen molar-refractivity contribution in [1.29, 1.82) is 0 Å². The second-order valence-corrected chi connectivity index (χ2v) is 5.71. The van der Waals surface area contributed by atoms with E-state index in [0.717, 1.165) is 4.90 Å². The van der Waals surface area contributed by atoms with Crippen molar-refractivity contribution in [3.63, 3.8) is 0 Å². The summed E-state index contributed by atoms with van der Waals surface area (Å²) in [6, 6.07) is 6.60. The van der Waals surface area contributed by atoms with Crippen LogP contribution in [0.1, 0.15) is 12.8 Å². The first-order chi connectivity index (χ1) is 9.56. The summed E-state index contributed by atoms with van der Waals surface area (Å²) in [5, 5.41) is 5.40. The quantitative estimate of drug-likeness (QED) is 0.650. The molecular weight excluding hydrogens is 300 g/mol. The van der Waals surface area contributed by atoms with Gasteiger partial charge in [-0.05, 0) is 18.6 Å². The zero-order valence-corrected chi connectivity index (χ0v) is 12.1. The van der Waals surface area contributed by atoms with E-state index in [9.17, 15) is 14.4 Å². The fraction of sp³-hybridized carbons (Fsp3) is 0.308. The third kappa shape index (κ3) is 3.98. The molecule has 3 amide bonds. The molecule has 0 aliphatic carbocycles. The van der Waals surface area contributed by atoms with Crippen LogP contribution in [0.2, 0.25) is 5.02 Å². The lowest BCUT2D eigenvalue weighted by atomic mass is 10.1. The summed E-state index contributed by atoms with van der Waals surface area (Å²) in [4.78, 5) is 35.1. The Bertz CT molecular complexity index is 550. The van der Waals surface area contributed by atoms with Crippen molar-refractivity contribution in [3.05, 3.63) is 29.3 Å². The molecule has 0 radical (unpaired) electrons. The van der Waals surface area contributed by atoms with Gasteiger partial charge in [0.1, 0.15) is 6.04 Å². The van der Waals surface area contributed by atoms with Crippen molar-refractivity contribution in [2.24, 2.45) is 0 Å². The highest BCUT2D eigenvalue weighted by molar-refractivity contribution is 8.00. The number of imide groups is 1. The minimum atomic E-state index is -0.632. The summed E-state index contributed by atoms with van der Waals surface area (Å²) in [5.41, 5.74) is 0. The number of halogens is 1. The van der Waals surface area contributed by atoms with Crippen molar-refractivity contribution in [2.45, 2.75) is 23.8 Å². The minimum Gasteiger partial charge on any atom is -0.344 e. The van der Waals surface area contributed by atoms with E-state index >= 15 is 0 Å². The molecule has 106 valence electrons. The molecule has 1 aromatic rings. The third-order valence-electron chi connectivity index (χ3n) is 2.77. The first-order valence-corrected chi connectivity index (χ1v) is 7.43. The van der Waals surface area contributed by atoms with Crippen molar-refractivity contribution >= 4 is 41.1 Å². The van der Waals surface area contributed by atoms with Gasteiger partial charge >= 0.3 is 0 Å². The highest BCUT2D eigenvalue weighted by Gasteiger charge is 2.27. The molecule has 1 fully saturated rings. The number of nitrogens with one attached hydrogen (secondary N) is 2. The van der Waals surface area contributed by atoms with Gasteiger partial charge in [-0.25, -0.2) is 0 Å². The number of amides is 3. The molecular formula is C13H13ClN2O3S. The summed E-state index contributed by atoms with van der Waals surface area (Å²) < 4.78 is 0. The molecule has 1 unspecified atom stereocenters. The molecule has 1 aliphatic heterocycles. The minimum absolute atomic E-state index is 0.168. The van der Waals surface area contributed by atoms with E-state index in [2.05, 4.69) is 10.6 Å². The molecule has 1 heterocycles. The maximum absolute atomic E-state index is 11.8. The molecule has 0 aromatic heterocycles. The smallest absolute Gasteiger partial charge is 0.249 e. The topological polar surface area (TPSA) is 75.3 Å². The van der Waals surface area contributed by atoms with Crippen LogP contribution in [-0.4, -0.2) is 29.5 Å². The zero-order valence-electron chi connectivity index (χ0n) is 10.5. The fourth-order valence-electron chi connectivity index (χ4n) is 1.77. The Labute approximate surface area is 125 Å². The van der Waals surface area contributed by atoms with Crippen LogP contribution in [0.15, 0.2) is 29.2 Å². The highest BCUT2D eigenvalue weighted by Crippen LogP contribution is 2.26. The SMILES string of the molecule is O=C1CCC(NC(=O)CSc2ccccc2Cl)C(=O)N1. The number of benzene rings is 1. The zero-order chi connectivity index (χ0) is 14.5. The highest BCUT2D eigenvalue weighted by atomic mass is 35.5. The van der Waals surface area contributed by atoms with E-state index in [1.54, 1.807) is 6.07 Å². The Hall–Kier alpha value is -1.53. The summed E-state index contributed by atoms with van der Waals surface area (Å²) in [5.74, 6) is -0.839. The molecule has 0 saturated carbocycles. The van der Waals surface area contributed by atoms with Crippen LogP contribution in [-0.2, 0) is 14.4 Å². The number of piperidine rings is 1. The second-order valence-electron chi connectivity index (χ2n) is 4.29. The van der Waals surface area contributed by atoms with E-state index in [1.165, 1.54) is 11.8 Å². The second kappa shape index (κ2) is 6.76. The van der Waals surface area contributed by atoms with Crippen molar-refractivity contribution < 1.29 is 14.4 Å². The number of carbonyl (C=O) groups is 3. The first-order valence-electron chi connectivity index (χ1n) is 6.06. The van der Waals surface area contributed by atoms with E-state index in [-0.39, 0.29) is 24.0 Å². The molecule has 1 atom stereocenters. The maximum atomic E-state index is 11.8. The summed E-state index contributed by atoms with van der Waals surface area (Å²) in [6.07, 6.45) is 0.585. The molecule has 7 heteroatoms. The maximum Gasteiger partial charge on any atom is 0.249 e. The molecule has 2 rings (SSSR count). The Balaban J connectivity index is 1.83. The summed E-state index contributed by atoms with van der Waals surface area (Å²) >= 11 is 7.29. The lowest BCUT2D eigenvalue weighted by Crippen LogP contribution is -2.52. The monoisotopic (exact) mass is 312 g/mol. The fourth-order valence-corrected chi connectivity index (χ4v) is 2.82. The molecule has 1 saturated heterocycles. The van der Waals surface area contributed by atoms with E-state index < -0.39 is 11.9 Å². The van der Waals surface area contributed by atoms with Gasteiger partial charge in [0.15, 0.2) is 0 Å². The molecule has 0 spiro atoms. The Morgan fingerprint density at radius 3 is 2.85 bits per heavy atom. The molecule has 1 aliphatic rings. The van der Waals surface area contributed by atoms with Crippen molar-refractivity contribution in [3.8, 4) is 0 Å². The number of hydrogen-bond acceptors (Lipinski definition) is 4. The Morgan fingerprint density at radius 1 is 1.40 bits per heavy atom. The van der Waals surface area contributed by atoms with Gasteiger partial charge in [-0.3, -0.25) is 19.7 Å². The lowest BCUT2D eigenvalue weighted by Gasteiger charge is -2.21. The predicted octanol–water partition coefficient (Wildman–Crippen LogP) is 1.35. The summed E-state index contributed by atoms with van der Waals surface area (Å²) in [7, 11) is 0. The third-order valence-corrected chi connectivity index (χ3v) is 4.28. The van der Waals surface area contributed by atoms with Gasteiger partial charge in [-0.1, -0.05) is 23.7 Å². The van der Waals surface area contributed by atoms with Crippen LogP contribution in [0.5, 0.6) is 0 Å². The van der Waals surface area contributed by atoms with Crippen LogP contribution in [0, 0.1) is 0 Å². The number of hydrogen-bond donors (Lipinski definition) is 2. The molecule has 2 N–H and O–H groups in total. The van der Waals surface area contributed by atoms with E-state index in [1.807, 2.05) is 18.2 Å².